The Morgan fingerprint density at radius 3 is 2.85 bits per heavy atom. The van der Waals surface area contributed by atoms with Crippen LogP contribution >= 0.6 is 0 Å². The molecule has 0 radical (unpaired) electrons. The van der Waals surface area contributed by atoms with E-state index in [1.54, 1.807) is 13.1 Å². The third kappa shape index (κ3) is 5.00. The van der Waals surface area contributed by atoms with Crippen LogP contribution in [0.15, 0.2) is 47.6 Å². The molecule has 3 N–H and O–H groups in total. The number of hydrogen-bond acceptors (Lipinski definition) is 5. The maximum absolute atomic E-state index is 12.0. The standard InChI is InChI=1S/C18H22N8O/c1-13-6-5-7-14(22-13)23-17(27)9-10-20-18(19-2)21-12-16-25-24-15-8-3-4-11-26(15)16/h3-8,11H,9-10,12H2,1-2H3,(H2,19,20,21)(H,22,23,27). The van der Waals surface area contributed by atoms with Gasteiger partial charge in [0.05, 0.1) is 6.54 Å². The number of guanidine groups is 1. The van der Waals surface area contributed by atoms with E-state index in [1.807, 2.05) is 47.9 Å². The molecule has 0 unspecified atom stereocenters. The summed E-state index contributed by atoms with van der Waals surface area (Å²) in [6.45, 7) is 2.79. The number of aromatic nitrogens is 4. The van der Waals surface area contributed by atoms with Gasteiger partial charge in [0, 0.05) is 31.9 Å². The van der Waals surface area contributed by atoms with Crippen molar-refractivity contribution in [3.63, 3.8) is 0 Å². The number of aliphatic imine (C=N–C) groups is 1. The largest absolute Gasteiger partial charge is 0.356 e. The summed E-state index contributed by atoms with van der Waals surface area (Å²) in [5.41, 5.74) is 1.65. The second kappa shape index (κ2) is 8.75. The molecule has 0 aliphatic rings. The van der Waals surface area contributed by atoms with Crippen LogP contribution in [0, 0.1) is 6.92 Å². The Kier molecular flexibility index (Phi) is 5.93. The van der Waals surface area contributed by atoms with Gasteiger partial charge in [-0.25, -0.2) is 4.98 Å². The molecule has 0 saturated carbocycles. The zero-order valence-electron chi connectivity index (χ0n) is 15.3. The molecule has 0 saturated heterocycles. The Morgan fingerprint density at radius 1 is 1.15 bits per heavy atom. The molecule has 0 aliphatic heterocycles. The maximum Gasteiger partial charge on any atom is 0.227 e. The van der Waals surface area contributed by atoms with E-state index in [0.717, 1.165) is 17.2 Å². The van der Waals surface area contributed by atoms with Crippen LogP contribution in [0.2, 0.25) is 0 Å². The molecule has 0 fully saturated rings. The zero-order chi connectivity index (χ0) is 19.1. The number of rotatable bonds is 6. The van der Waals surface area contributed by atoms with E-state index in [2.05, 4.69) is 36.1 Å². The molecule has 3 heterocycles. The fourth-order valence-electron chi connectivity index (χ4n) is 2.51. The van der Waals surface area contributed by atoms with Gasteiger partial charge in [0.1, 0.15) is 5.82 Å². The SMILES string of the molecule is CN=C(NCCC(=O)Nc1cccc(C)n1)NCc1nnc2ccccn12. The number of aryl methyl sites for hydroxylation is 1. The predicted molar refractivity (Wildman–Crippen MR) is 103 cm³/mol. The lowest BCUT2D eigenvalue weighted by Crippen LogP contribution is -2.38. The summed E-state index contributed by atoms with van der Waals surface area (Å²) >= 11 is 0. The monoisotopic (exact) mass is 366 g/mol. The highest BCUT2D eigenvalue weighted by molar-refractivity contribution is 5.90. The molecule has 27 heavy (non-hydrogen) atoms. The van der Waals surface area contributed by atoms with E-state index in [-0.39, 0.29) is 5.91 Å². The molecule has 0 spiro atoms. The fraction of sp³-hybridized carbons (Fsp3) is 0.278. The topological polar surface area (TPSA) is 109 Å². The molecule has 0 aromatic carbocycles. The molecule has 9 heteroatoms. The second-order valence-electron chi connectivity index (χ2n) is 5.86. The first-order chi connectivity index (χ1) is 13.2. The lowest BCUT2D eigenvalue weighted by molar-refractivity contribution is -0.116. The van der Waals surface area contributed by atoms with Gasteiger partial charge in [0.2, 0.25) is 5.91 Å². The molecule has 1 amide bonds. The first-order valence-corrected chi connectivity index (χ1v) is 8.62. The summed E-state index contributed by atoms with van der Waals surface area (Å²) in [6, 6.07) is 11.2. The van der Waals surface area contributed by atoms with Crippen molar-refractivity contribution in [1.29, 1.82) is 0 Å². The summed E-state index contributed by atoms with van der Waals surface area (Å²) in [7, 11) is 1.67. The number of hydrogen-bond donors (Lipinski definition) is 3. The minimum atomic E-state index is -0.112. The van der Waals surface area contributed by atoms with Crippen LogP contribution in [-0.4, -0.2) is 45.0 Å². The van der Waals surface area contributed by atoms with Crippen LogP contribution in [0.1, 0.15) is 17.9 Å². The maximum atomic E-state index is 12.0. The molecule has 0 bridgehead atoms. The Labute approximate surface area is 156 Å². The van der Waals surface area contributed by atoms with Crippen molar-refractivity contribution < 1.29 is 4.79 Å². The van der Waals surface area contributed by atoms with Gasteiger partial charge < -0.3 is 16.0 Å². The summed E-state index contributed by atoms with van der Waals surface area (Å²) in [6.07, 6.45) is 2.20. The number of nitrogens with one attached hydrogen (secondary N) is 3. The van der Waals surface area contributed by atoms with Crippen LogP contribution in [0.25, 0.3) is 5.65 Å². The summed E-state index contributed by atoms with van der Waals surface area (Å²) in [5.74, 6) is 1.81. The Balaban J connectivity index is 1.44. The average Bonchev–Trinajstić information content (AvgIpc) is 3.08. The van der Waals surface area contributed by atoms with Crippen molar-refractivity contribution in [1.82, 2.24) is 30.2 Å². The Bertz CT molecular complexity index is 949. The minimum Gasteiger partial charge on any atom is -0.356 e. The number of carbonyl (C=O) groups is 1. The van der Waals surface area contributed by atoms with E-state index in [9.17, 15) is 4.79 Å². The molecule has 3 aromatic rings. The number of anilines is 1. The molecule has 3 rings (SSSR count). The van der Waals surface area contributed by atoms with Gasteiger partial charge in [-0.1, -0.05) is 12.1 Å². The number of carbonyl (C=O) groups excluding carboxylic acids is 1. The molecule has 0 atom stereocenters. The number of nitrogens with zero attached hydrogens (tertiary/aromatic N) is 5. The van der Waals surface area contributed by atoms with E-state index in [4.69, 9.17) is 0 Å². The van der Waals surface area contributed by atoms with Crippen LogP contribution in [0.3, 0.4) is 0 Å². The van der Waals surface area contributed by atoms with Crippen molar-refractivity contribution in [3.8, 4) is 0 Å². The normalized spacial score (nSPS) is 11.4. The highest BCUT2D eigenvalue weighted by Gasteiger charge is 2.07. The Morgan fingerprint density at radius 2 is 2.04 bits per heavy atom. The Hall–Kier alpha value is -3.49. The summed E-state index contributed by atoms with van der Waals surface area (Å²) < 4.78 is 1.91. The third-order valence-corrected chi connectivity index (χ3v) is 3.82. The highest BCUT2D eigenvalue weighted by atomic mass is 16.1. The van der Waals surface area contributed by atoms with Gasteiger partial charge in [-0.05, 0) is 31.2 Å². The average molecular weight is 366 g/mol. The fourth-order valence-corrected chi connectivity index (χ4v) is 2.51. The third-order valence-electron chi connectivity index (χ3n) is 3.82. The molecule has 3 aromatic heterocycles. The van der Waals surface area contributed by atoms with Crippen molar-refractivity contribution in [2.24, 2.45) is 4.99 Å². The predicted octanol–water partition coefficient (Wildman–Crippen LogP) is 1.13. The van der Waals surface area contributed by atoms with Crippen molar-refractivity contribution in [2.45, 2.75) is 19.9 Å². The molecule has 9 nitrogen and oxygen atoms in total. The summed E-state index contributed by atoms with van der Waals surface area (Å²) in [4.78, 5) is 20.4. The first-order valence-electron chi connectivity index (χ1n) is 8.62. The van der Waals surface area contributed by atoms with Crippen molar-refractivity contribution >= 4 is 23.3 Å². The van der Waals surface area contributed by atoms with Gasteiger partial charge in [0.25, 0.3) is 0 Å². The van der Waals surface area contributed by atoms with Crippen LogP contribution in [0.4, 0.5) is 5.82 Å². The number of pyridine rings is 2. The van der Waals surface area contributed by atoms with E-state index < -0.39 is 0 Å². The van der Waals surface area contributed by atoms with E-state index in [1.165, 1.54) is 0 Å². The van der Waals surface area contributed by atoms with E-state index in [0.29, 0.717) is 31.3 Å². The van der Waals surface area contributed by atoms with Gasteiger partial charge in [-0.15, -0.1) is 10.2 Å². The zero-order valence-corrected chi connectivity index (χ0v) is 15.3. The molecule has 0 aliphatic carbocycles. The van der Waals surface area contributed by atoms with Gasteiger partial charge in [-0.2, -0.15) is 0 Å². The highest BCUT2D eigenvalue weighted by Crippen LogP contribution is 2.04. The van der Waals surface area contributed by atoms with Crippen molar-refractivity contribution in [2.75, 3.05) is 18.9 Å². The number of amides is 1. The quantitative estimate of drug-likeness (QED) is 0.446. The van der Waals surface area contributed by atoms with Crippen LogP contribution in [-0.2, 0) is 11.3 Å². The van der Waals surface area contributed by atoms with E-state index >= 15 is 0 Å². The minimum absolute atomic E-state index is 0.112. The smallest absolute Gasteiger partial charge is 0.227 e. The second-order valence-corrected chi connectivity index (χ2v) is 5.86. The van der Waals surface area contributed by atoms with Crippen LogP contribution in [0.5, 0.6) is 0 Å². The van der Waals surface area contributed by atoms with Gasteiger partial charge >= 0.3 is 0 Å². The molecular formula is C18H22N8O. The van der Waals surface area contributed by atoms with Crippen molar-refractivity contribution in [3.05, 3.63) is 54.1 Å². The lowest BCUT2D eigenvalue weighted by Gasteiger charge is -2.11. The van der Waals surface area contributed by atoms with Gasteiger partial charge in [-0.3, -0.25) is 14.2 Å². The van der Waals surface area contributed by atoms with Crippen LogP contribution < -0.4 is 16.0 Å². The summed E-state index contributed by atoms with van der Waals surface area (Å²) in [5, 5.41) is 17.3. The molecular weight excluding hydrogens is 344 g/mol. The number of fused-ring (bicyclic) bond motifs is 1. The first kappa shape index (κ1) is 18.3. The lowest BCUT2D eigenvalue weighted by atomic mass is 10.3. The molecule has 140 valence electrons. The van der Waals surface area contributed by atoms with Gasteiger partial charge in [0.15, 0.2) is 17.4 Å².